The van der Waals surface area contributed by atoms with Crippen molar-refractivity contribution in [1.29, 1.82) is 0 Å². The second-order valence-electron chi connectivity index (χ2n) is 6.75. The Bertz CT molecular complexity index is 940. The highest BCUT2D eigenvalue weighted by Crippen LogP contribution is 2.48. The first-order chi connectivity index (χ1) is 13.9. The monoisotopic (exact) mass is 361 g/mol. The lowest BCUT2D eigenvalue weighted by molar-refractivity contribution is 0.351. The average molecular weight is 361 g/mol. The van der Waals surface area contributed by atoms with E-state index in [1.807, 2.05) is 84.9 Å². The third-order valence-electron chi connectivity index (χ3n) is 5.23. The van der Waals surface area contributed by atoms with Gasteiger partial charge >= 0.3 is 0 Å². The van der Waals surface area contributed by atoms with E-state index in [-0.39, 0.29) is 0 Å². The molecular formula is C27H21O. The zero-order chi connectivity index (χ0) is 19.2. The van der Waals surface area contributed by atoms with Crippen LogP contribution in [0.2, 0.25) is 0 Å². The lowest BCUT2D eigenvalue weighted by Crippen LogP contribution is -2.31. The van der Waals surface area contributed by atoms with E-state index in [9.17, 15) is 5.11 Å². The molecule has 0 N–H and O–H groups in total. The first-order valence-electron chi connectivity index (χ1n) is 9.42. The van der Waals surface area contributed by atoms with E-state index >= 15 is 0 Å². The van der Waals surface area contributed by atoms with Gasteiger partial charge in [0.2, 0.25) is 0 Å². The smallest absolute Gasteiger partial charge is 0.148 e. The van der Waals surface area contributed by atoms with E-state index in [1.165, 1.54) is 0 Å². The van der Waals surface area contributed by atoms with Crippen LogP contribution in [0.25, 0.3) is 5.57 Å². The zero-order valence-electron chi connectivity index (χ0n) is 15.5. The fourth-order valence-corrected chi connectivity index (χ4v) is 4.02. The van der Waals surface area contributed by atoms with Crippen molar-refractivity contribution in [1.82, 2.24) is 0 Å². The van der Waals surface area contributed by atoms with Crippen LogP contribution in [0.1, 0.15) is 22.3 Å². The lowest BCUT2D eigenvalue weighted by Gasteiger charge is -2.38. The Balaban J connectivity index is 2.13. The van der Waals surface area contributed by atoms with Gasteiger partial charge < -0.3 is 0 Å². The summed E-state index contributed by atoms with van der Waals surface area (Å²) >= 11 is 0. The van der Waals surface area contributed by atoms with Gasteiger partial charge in [0.05, 0.1) is 5.41 Å². The predicted octanol–water partition coefficient (Wildman–Crippen LogP) is 6.49. The highest BCUT2D eigenvalue weighted by molar-refractivity contribution is 5.83. The van der Waals surface area contributed by atoms with Gasteiger partial charge in [-0.1, -0.05) is 121 Å². The van der Waals surface area contributed by atoms with E-state index in [2.05, 4.69) is 36.4 Å². The second-order valence-corrected chi connectivity index (χ2v) is 6.75. The minimum absolute atomic E-state index is 0.702. The summed E-state index contributed by atoms with van der Waals surface area (Å²) in [5.41, 5.74) is 4.16. The van der Waals surface area contributed by atoms with Crippen LogP contribution < -0.4 is 0 Å². The first-order valence-corrected chi connectivity index (χ1v) is 9.42. The number of hydrogen-bond acceptors (Lipinski definition) is 0. The molecule has 0 bridgehead atoms. The summed E-state index contributed by atoms with van der Waals surface area (Å²) in [5.74, 6) is 0. The van der Waals surface area contributed by atoms with Crippen LogP contribution in [0.3, 0.4) is 0 Å². The third-order valence-corrected chi connectivity index (χ3v) is 5.23. The second kappa shape index (κ2) is 7.98. The number of allylic oxidation sites excluding steroid dienone is 1. The van der Waals surface area contributed by atoms with Gasteiger partial charge in [0.1, 0.15) is 6.26 Å². The van der Waals surface area contributed by atoms with Crippen molar-refractivity contribution >= 4 is 5.57 Å². The molecule has 1 heteroatoms. The molecule has 0 unspecified atom stereocenters. The summed E-state index contributed by atoms with van der Waals surface area (Å²) in [6.45, 7) is 0. The molecule has 0 spiro atoms. The normalized spacial score (nSPS) is 11.9. The highest BCUT2D eigenvalue weighted by Gasteiger charge is 2.41. The van der Waals surface area contributed by atoms with Gasteiger partial charge in [-0.3, -0.25) is 5.11 Å². The summed E-state index contributed by atoms with van der Waals surface area (Å²) < 4.78 is 0. The van der Waals surface area contributed by atoms with Crippen molar-refractivity contribution in [3.05, 3.63) is 150 Å². The van der Waals surface area contributed by atoms with Gasteiger partial charge in [-0.25, -0.2) is 0 Å². The Morgan fingerprint density at radius 3 is 1.14 bits per heavy atom. The predicted molar refractivity (Wildman–Crippen MR) is 114 cm³/mol. The van der Waals surface area contributed by atoms with Crippen molar-refractivity contribution in [2.45, 2.75) is 5.41 Å². The quantitative estimate of drug-likeness (QED) is 0.286. The standard InChI is InChI=1S/C27H21O/c28-21-26(22-13-5-1-6-14-22)27(23-15-7-2-8-16-23,24-17-9-3-10-18-24)25-19-11-4-12-20-25/h1-21H. The largest absolute Gasteiger partial charge is 0.298 e. The summed E-state index contributed by atoms with van der Waals surface area (Å²) in [5, 5.41) is 12.6. The molecule has 0 atom stereocenters. The van der Waals surface area contributed by atoms with Crippen LogP contribution in [-0.4, -0.2) is 0 Å². The number of rotatable bonds is 5. The van der Waals surface area contributed by atoms with Crippen LogP contribution in [0.5, 0.6) is 0 Å². The topological polar surface area (TPSA) is 19.9 Å². The van der Waals surface area contributed by atoms with Crippen molar-refractivity contribution in [2.75, 3.05) is 0 Å². The molecule has 28 heavy (non-hydrogen) atoms. The summed E-state index contributed by atoms with van der Waals surface area (Å²) in [6.07, 6.45) is 1.02. The van der Waals surface area contributed by atoms with Crippen molar-refractivity contribution in [3.63, 3.8) is 0 Å². The molecule has 135 valence electrons. The molecule has 0 fully saturated rings. The van der Waals surface area contributed by atoms with Gasteiger partial charge in [-0.05, 0) is 22.3 Å². The van der Waals surface area contributed by atoms with E-state index in [4.69, 9.17) is 0 Å². The Kier molecular flexibility index (Phi) is 5.07. The van der Waals surface area contributed by atoms with E-state index < -0.39 is 5.41 Å². The molecule has 0 aromatic heterocycles. The van der Waals surface area contributed by atoms with Gasteiger partial charge in [-0.15, -0.1) is 0 Å². The molecule has 0 heterocycles. The molecule has 1 radical (unpaired) electrons. The van der Waals surface area contributed by atoms with Gasteiger partial charge in [-0.2, -0.15) is 0 Å². The zero-order valence-corrected chi connectivity index (χ0v) is 15.5. The van der Waals surface area contributed by atoms with E-state index in [0.29, 0.717) is 0 Å². The van der Waals surface area contributed by atoms with Crippen molar-refractivity contribution < 1.29 is 5.11 Å². The Morgan fingerprint density at radius 1 is 0.500 bits per heavy atom. The molecular weight excluding hydrogens is 340 g/mol. The molecule has 4 aromatic rings. The molecule has 1 nitrogen and oxygen atoms in total. The molecule has 0 saturated carbocycles. The minimum Gasteiger partial charge on any atom is -0.298 e. The lowest BCUT2D eigenvalue weighted by atomic mass is 9.63. The maximum atomic E-state index is 12.6. The van der Waals surface area contributed by atoms with Crippen LogP contribution >= 0.6 is 0 Å². The average Bonchev–Trinajstić information content (AvgIpc) is 2.80. The summed E-state index contributed by atoms with van der Waals surface area (Å²) in [6, 6.07) is 40.8. The summed E-state index contributed by atoms with van der Waals surface area (Å²) in [4.78, 5) is 0. The first kappa shape index (κ1) is 17.8. The van der Waals surface area contributed by atoms with Crippen LogP contribution in [0.15, 0.2) is 128 Å². The number of hydrogen-bond donors (Lipinski definition) is 0. The van der Waals surface area contributed by atoms with Crippen LogP contribution in [0.4, 0.5) is 0 Å². The minimum atomic E-state index is -0.702. The van der Waals surface area contributed by atoms with Crippen molar-refractivity contribution in [2.24, 2.45) is 0 Å². The maximum absolute atomic E-state index is 12.6. The third kappa shape index (κ3) is 3.01. The van der Waals surface area contributed by atoms with Gasteiger partial charge in [0.25, 0.3) is 0 Å². The molecule has 0 aliphatic rings. The van der Waals surface area contributed by atoms with Crippen LogP contribution in [-0.2, 0) is 10.5 Å². The Hall–Kier alpha value is -3.58. The van der Waals surface area contributed by atoms with E-state index in [1.54, 1.807) is 0 Å². The molecule has 4 aromatic carbocycles. The van der Waals surface area contributed by atoms with Gasteiger partial charge in [0, 0.05) is 5.57 Å². The molecule has 4 rings (SSSR count). The molecule has 0 aliphatic heterocycles. The van der Waals surface area contributed by atoms with Crippen LogP contribution in [0, 0.1) is 0 Å². The fourth-order valence-electron chi connectivity index (χ4n) is 4.02. The summed E-state index contributed by atoms with van der Waals surface area (Å²) in [7, 11) is 0. The maximum Gasteiger partial charge on any atom is 0.148 e. The SMILES string of the molecule is [O]C=C(c1ccccc1)C(c1ccccc1)(c1ccccc1)c1ccccc1. The van der Waals surface area contributed by atoms with E-state index in [0.717, 1.165) is 34.1 Å². The molecule has 0 aliphatic carbocycles. The molecule has 0 amide bonds. The Morgan fingerprint density at radius 2 is 0.821 bits per heavy atom. The Labute approximate surface area is 166 Å². The van der Waals surface area contributed by atoms with Crippen molar-refractivity contribution in [3.8, 4) is 0 Å². The molecule has 0 saturated heterocycles. The fraction of sp³-hybridized carbons (Fsp3) is 0.0370. The van der Waals surface area contributed by atoms with Gasteiger partial charge in [0.15, 0.2) is 0 Å². The number of benzene rings is 4. The highest BCUT2D eigenvalue weighted by atomic mass is 16.2.